The summed E-state index contributed by atoms with van der Waals surface area (Å²) < 4.78 is 13.1. The quantitative estimate of drug-likeness (QED) is 0.487. The Kier molecular flexibility index (Phi) is 6.00. The second kappa shape index (κ2) is 9.29. The number of aromatic nitrogens is 4. The molecule has 3 heterocycles. The van der Waals surface area contributed by atoms with E-state index in [4.69, 9.17) is 9.47 Å². The maximum Gasteiger partial charge on any atom is 0.325 e. The Bertz CT molecular complexity index is 1300. The number of carbonyl (C=O) groups is 3. The molecule has 2 aromatic carbocycles. The van der Waals surface area contributed by atoms with E-state index >= 15 is 0 Å². The number of urea groups is 1. The Morgan fingerprint density at radius 2 is 2.00 bits per heavy atom. The minimum Gasteiger partial charge on any atom is -0.486 e. The molecule has 2 aliphatic heterocycles. The van der Waals surface area contributed by atoms with Crippen LogP contribution in [0.4, 0.5) is 4.79 Å². The average molecular weight is 492 g/mol. The van der Waals surface area contributed by atoms with Crippen LogP contribution in [0.2, 0.25) is 0 Å². The molecule has 3 aromatic rings. The molecule has 2 atom stereocenters. The maximum atomic E-state index is 13.4. The van der Waals surface area contributed by atoms with E-state index in [1.54, 1.807) is 36.1 Å². The van der Waals surface area contributed by atoms with E-state index in [1.807, 2.05) is 31.2 Å². The third-order valence-electron chi connectivity index (χ3n) is 6.33. The number of imide groups is 1. The molecule has 5 rings (SSSR count). The largest absolute Gasteiger partial charge is 0.486 e. The van der Waals surface area contributed by atoms with E-state index < -0.39 is 17.5 Å². The van der Waals surface area contributed by atoms with Gasteiger partial charge in [0, 0.05) is 6.54 Å². The molecule has 1 saturated heterocycles. The fraction of sp³-hybridized carbons (Fsp3) is 0.333. The highest BCUT2D eigenvalue weighted by Gasteiger charge is 2.50. The Morgan fingerprint density at radius 3 is 2.75 bits per heavy atom. The fourth-order valence-electron chi connectivity index (χ4n) is 4.32. The maximum absolute atomic E-state index is 13.4. The van der Waals surface area contributed by atoms with Crippen LogP contribution in [0, 0.1) is 0 Å². The standard InChI is InChI=1S/C24H25N7O5/c1-3-29(12-18-14-35-19-9-4-5-10-20(19)36-18)21(32)13-30-22(33)24(2,26-23(30)34)16-7-6-8-17(11-16)31-15-25-27-28-31/h4-11,15,18H,3,12-14H2,1-2H3,(H,26,34)/t18-,24+/m1/s1. The molecule has 1 N–H and O–H groups in total. The number of rotatable bonds is 7. The van der Waals surface area contributed by atoms with Crippen molar-refractivity contribution in [3.63, 3.8) is 0 Å². The minimum atomic E-state index is -1.34. The molecular formula is C24H25N7O5. The number of fused-ring (bicyclic) bond motifs is 1. The molecule has 0 radical (unpaired) electrons. The second-order valence-electron chi connectivity index (χ2n) is 8.68. The van der Waals surface area contributed by atoms with Crippen molar-refractivity contribution < 1.29 is 23.9 Å². The monoisotopic (exact) mass is 491 g/mol. The second-order valence-corrected chi connectivity index (χ2v) is 8.68. The first kappa shape index (κ1) is 23.3. The van der Waals surface area contributed by atoms with Crippen molar-refractivity contribution in [3.8, 4) is 17.2 Å². The molecular weight excluding hydrogens is 466 g/mol. The smallest absolute Gasteiger partial charge is 0.325 e. The molecule has 12 nitrogen and oxygen atoms in total. The van der Waals surface area contributed by atoms with Crippen molar-refractivity contribution in [1.82, 2.24) is 35.3 Å². The van der Waals surface area contributed by atoms with Gasteiger partial charge in [0.25, 0.3) is 5.91 Å². The van der Waals surface area contributed by atoms with Crippen molar-refractivity contribution in [3.05, 3.63) is 60.4 Å². The van der Waals surface area contributed by atoms with Gasteiger partial charge >= 0.3 is 6.03 Å². The molecule has 1 aromatic heterocycles. The molecule has 12 heteroatoms. The Labute approximate surface area is 206 Å². The SMILES string of the molecule is CCN(C[C@@H]1COc2ccccc2O1)C(=O)CN1C(=O)N[C@@](C)(c2cccc(-n3cnnn3)c2)C1=O. The Balaban J connectivity index is 1.28. The molecule has 0 bridgehead atoms. The van der Waals surface area contributed by atoms with Crippen LogP contribution in [0.5, 0.6) is 11.5 Å². The van der Waals surface area contributed by atoms with Crippen LogP contribution in [0.25, 0.3) is 5.69 Å². The molecule has 186 valence electrons. The highest BCUT2D eigenvalue weighted by molar-refractivity contribution is 6.09. The summed E-state index contributed by atoms with van der Waals surface area (Å²) in [5, 5.41) is 13.8. The first-order valence-electron chi connectivity index (χ1n) is 11.5. The summed E-state index contributed by atoms with van der Waals surface area (Å²) in [7, 11) is 0. The van der Waals surface area contributed by atoms with E-state index in [0.717, 1.165) is 4.90 Å². The lowest BCUT2D eigenvalue weighted by Gasteiger charge is -2.31. The third kappa shape index (κ3) is 4.21. The molecule has 2 aliphatic rings. The highest BCUT2D eigenvalue weighted by Crippen LogP contribution is 2.32. The van der Waals surface area contributed by atoms with Crippen molar-refractivity contribution in [2.75, 3.05) is 26.2 Å². The van der Waals surface area contributed by atoms with Gasteiger partial charge in [0.15, 0.2) is 17.6 Å². The van der Waals surface area contributed by atoms with Gasteiger partial charge in [-0.05, 0) is 54.1 Å². The number of benzene rings is 2. The van der Waals surface area contributed by atoms with Gasteiger partial charge < -0.3 is 19.7 Å². The summed E-state index contributed by atoms with van der Waals surface area (Å²) in [4.78, 5) is 41.8. The average Bonchev–Trinajstić information content (AvgIpc) is 3.51. The molecule has 36 heavy (non-hydrogen) atoms. The first-order chi connectivity index (χ1) is 17.4. The summed E-state index contributed by atoms with van der Waals surface area (Å²) >= 11 is 0. The molecule has 0 spiro atoms. The zero-order valence-electron chi connectivity index (χ0n) is 19.8. The number of carbonyl (C=O) groups excluding carboxylic acids is 3. The lowest BCUT2D eigenvalue weighted by Crippen LogP contribution is -2.48. The van der Waals surface area contributed by atoms with Gasteiger partial charge in [-0.1, -0.05) is 24.3 Å². The fourth-order valence-corrected chi connectivity index (χ4v) is 4.32. The number of hydrogen-bond acceptors (Lipinski definition) is 8. The lowest BCUT2D eigenvalue weighted by atomic mass is 9.91. The van der Waals surface area contributed by atoms with Gasteiger partial charge in [-0.3, -0.25) is 14.5 Å². The highest BCUT2D eigenvalue weighted by atomic mass is 16.6. The molecule has 1 fully saturated rings. The number of nitrogens with zero attached hydrogens (tertiary/aromatic N) is 6. The van der Waals surface area contributed by atoms with Crippen LogP contribution in [-0.4, -0.2) is 80.2 Å². The van der Waals surface area contributed by atoms with Gasteiger partial charge in [0.05, 0.1) is 12.2 Å². The number of likely N-dealkylation sites (N-methyl/N-ethyl adjacent to an activating group) is 1. The molecule has 0 aliphatic carbocycles. The number of hydrogen-bond donors (Lipinski definition) is 1. The van der Waals surface area contributed by atoms with Crippen molar-refractivity contribution >= 4 is 17.8 Å². The van der Waals surface area contributed by atoms with Crippen LogP contribution in [0.1, 0.15) is 19.4 Å². The van der Waals surface area contributed by atoms with E-state index in [-0.39, 0.29) is 25.1 Å². The lowest BCUT2D eigenvalue weighted by molar-refractivity contribution is -0.139. The molecule has 0 unspecified atom stereocenters. The van der Waals surface area contributed by atoms with Crippen LogP contribution < -0.4 is 14.8 Å². The Hall–Kier alpha value is -4.48. The predicted molar refractivity (Wildman–Crippen MR) is 125 cm³/mol. The van der Waals surface area contributed by atoms with Gasteiger partial charge in [0.1, 0.15) is 25.0 Å². The van der Waals surface area contributed by atoms with Crippen LogP contribution in [-0.2, 0) is 15.1 Å². The first-order valence-corrected chi connectivity index (χ1v) is 11.5. The summed E-state index contributed by atoms with van der Waals surface area (Å²) in [6, 6.07) is 13.7. The van der Waals surface area contributed by atoms with Gasteiger partial charge in [-0.15, -0.1) is 5.10 Å². The van der Waals surface area contributed by atoms with E-state index in [1.165, 1.54) is 11.0 Å². The van der Waals surface area contributed by atoms with Crippen molar-refractivity contribution in [2.24, 2.45) is 0 Å². The summed E-state index contributed by atoms with van der Waals surface area (Å²) in [5.74, 6) is 0.393. The predicted octanol–water partition coefficient (Wildman–Crippen LogP) is 1.12. The van der Waals surface area contributed by atoms with Crippen LogP contribution >= 0.6 is 0 Å². The van der Waals surface area contributed by atoms with Gasteiger partial charge in [0.2, 0.25) is 5.91 Å². The third-order valence-corrected chi connectivity index (χ3v) is 6.33. The topological polar surface area (TPSA) is 132 Å². The minimum absolute atomic E-state index is 0.262. The number of para-hydroxylation sites is 2. The van der Waals surface area contributed by atoms with Crippen molar-refractivity contribution in [2.45, 2.75) is 25.5 Å². The number of amides is 4. The van der Waals surface area contributed by atoms with Crippen molar-refractivity contribution in [1.29, 1.82) is 0 Å². The van der Waals surface area contributed by atoms with E-state index in [0.29, 0.717) is 35.9 Å². The zero-order chi connectivity index (χ0) is 25.3. The van der Waals surface area contributed by atoms with Gasteiger partial charge in [-0.2, -0.15) is 0 Å². The molecule has 0 saturated carbocycles. The summed E-state index contributed by atoms with van der Waals surface area (Å²) in [5.41, 5.74) is -0.172. The van der Waals surface area contributed by atoms with Crippen LogP contribution in [0.3, 0.4) is 0 Å². The number of ether oxygens (including phenoxy) is 2. The van der Waals surface area contributed by atoms with Crippen LogP contribution in [0.15, 0.2) is 54.9 Å². The number of tetrazole rings is 1. The van der Waals surface area contributed by atoms with Gasteiger partial charge in [-0.25, -0.2) is 9.48 Å². The normalized spacial score (nSPS) is 20.8. The molecule has 4 amide bonds. The zero-order valence-corrected chi connectivity index (χ0v) is 19.8. The Morgan fingerprint density at radius 1 is 1.19 bits per heavy atom. The number of nitrogens with one attached hydrogen (secondary N) is 1. The van der Waals surface area contributed by atoms with E-state index in [2.05, 4.69) is 20.8 Å². The summed E-state index contributed by atoms with van der Waals surface area (Å²) in [6.45, 7) is 3.99. The van der Waals surface area contributed by atoms with E-state index in [9.17, 15) is 14.4 Å². The summed E-state index contributed by atoms with van der Waals surface area (Å²) in [6.07, 6.45) is 1.06.